The molecule has 0 aromatic carbocycles. The van der Waals surface area contributed by atoms with Crippen LogP contribution in [0.2, 0.25) is 0 Å². The Morgan fingerprint density at radius 1 is 1.69 bits per heavy atom. The number of hydrogen-bond donors (Lipinski definition) is 1. The molecule has 1 aliphatic heterocycles. The lowest BCUT2D eigenvalue weighted by atomic mass is 10.3. The molecule has 1 unspecified atom stereocenters. The van der Waals surface area contributed by atoms with E-state index in [2.05, 4.69) is 10.2 Å². The van der Waals surface area contributed by atoms with Crippen LogP contribution in [0.1, 0.15) is 13.3 Å². The molecule has 0 aliphatic carbocycles. The van der Waals surface area contributed by atoms with E-state index in [9.17, 15) is 4.79 Å². The molecular weight excluding hydrogens is 170 g/mol. The van der Waals surface area contributed by atoms with Crippen molar-refractivity contribution in [3.8, 4) is 0 Å². The van der Waals surface area contributed by atoms with Crippen LogP contribution in [0.15, 0.2) is 22.1 Å². The van der Waals surface area contributed by atoms with Gasteiger partial charge in [-0.2, -0.15) is 5.11 Å². The third-order valence-electron chi connectivity index (χ3n) is 1.82. The maximum absolute atomic E-state index is 10.7. The van der Waals surface area contributed by atoms with Gasteiger partial charge in [-0.25, -0.2) is 0 Å². The van der Waals surface area contributed by atoms with E-state index in [1.165, 1.54) is 6.08 Å². The molecule has 1 aliphatic rings. The lowest BCUT2D eigenvalue weighted by molar-refractivity contribution is -0.117. The van der Waals surface area contributed by atoms with Crippen LogP contribution in [0.4, 0.5) is 0 Å². The molecule has 0 bridgehead atoms. The molecule has 0 aromatic heterocycles. The first-order chi connectivity index (χ1) is 6.15. The highest BCUT2D eigenvalue weighted by atomic mass is 16.3. The zero-order chi connectivity index (χ0) is 9.84. The van der Waals surface area contributed by atoms with E-state index in [0.29, 0.717) is 0 Å². The SMILES string of the molecule is CCCN(C)C1C=C(O)C(=O)N=N1. The minimum Gasteiger partial charge on any atom is -0.503 e. The largest absolute Gasteiger partial charge is 0.503 e. The average Bonchev–Trinajstić information content (AvgIpc) is 2.10. The molecule has 5 heteroatoms. The minimum absolute atomic E-state index is 0.308. The fourth-order valence-electron chi connectivity index (χ4n) is 1.11. The fraction of sp³-hybridized carbons (Fsp3) is 0.625. The Kier molecular flexibility index (Phi) is 3.13. The Balaban J connectivity index is 2.63. The van der Waals surface area contributed by atoms with Gasteiger partial charge < -0.3 is 5.11 Å². The van der Waals surface area contributed by atoms with Crippen molar-refractivity contribution in [1.82, 2.24) is 4.90 Å². The molecule has 0 saturated carbocycles. The van der Waals surface area contributed by atoms with E-state index in [1.54, 1.807) is 0 Å². The number of nitrogens with zero attached hydrogens (tertiary/aromatic N) is 3. The second kappa shape index (κ2) is 4.13. The quantitative estimate of drug-likeness (QED) is 0.712. The monoisotopic (exact) mass is 183 g/mol. The summed E-state index contributed by atoms with van der Waals surface area (Å²) in [4.78, 5) is 12.6. The first-order valence-electron chi connectivity index (χ1n) is 4.21. The summed E-state index contributed by atoms with van der Waals surface area (Å²) in [5.74, 6) is -0.982. The third-order valence-corrected chi connectivity index (χ3v) is 1.82. The number of carbonyl (C=O) groups excluding carboxylic acids is 1. The lowest BCUT2D eigenvalue weighted by Gasteiger charge is -2.21. The van der Waals surface area contributed by atoms with E-state index in [1.807, 2.05) is 18.9 Å². The first-order valence-corrected chi connectivity index (χ1v) is 4.21. The first kappa shape index (κ1) is 9.85. The molecule has 0 spiro atoms. The summed E-state index contributed by atoms with van der Waals surface area (Å²) < 4.78 is 0. The highest BCUT2D eigenvalue weighted by molar-refractivity contribution is 5.91. The van der Waals surface area contributed by atoms with Crippen LogP contribution in [0, 0.1) is 0 Å². The zero-order valence-electron chi connectivity index (χ0n) is 7.77. The Labute approximate surface area is 76.8 Å². The van der Waals surface area contributed by atoms with Crippen molar-refractivity contribution in [3.05, 3.63) is 11.8 Å². The number of hydrogen-bond acceptors (Lipinski definition) is 4. The van der Waals surface area contributed by atoms with Gasteiger partial charge >= 0.3 is 5.91 Å². The second-order valence-electron chi connectivity index (χ2n) is 2.97. The molecule has 13 heavy (non-hydrogen) atoms. The highest BCUT2D eigenvalue weighted by Gasteiger charge is 2.19. The number of amides is 1. The van der Waals surface area contributed by atoms with Crippen molar-refractivity contribution < 1.29 is 9.90 Å². The number of likely N-dealkylation sites (N-methyl/N-ethyl adjacent to an activating group) is 1. The summed E-state index contributed by atoms with van der Waals surface area (Å²) in [6.07, 6.45) is 2.09. The van der Waals surface area contributed by atoms with Crippen molar-refractivity contribution in [2.24, 2.45) is 10.2 Å². The predicted octanol–water partition coefficient (Wildman–Crippen LogP) is 1.09. The van der Waals surface area contributed by atoms with E-state index < -0.39 is 5.91 Å². The van der Waals surface area contributed by atoms with Crippen LogP contribution in [-0.4, -0.2) is 35.7 Å². The molecule has 1 N–H and O–H groups in total. The lowest BCUT2D eigenvalue weighted by Crippen LogP contribution is -2.31. The van der Waals surface area contributed by atoms with Crippen molar-refractivity contribution in [1.29, 1.82) is 0 Å². The fourth-order valence-corrected chi connectivity index (χ4v) is 1.11. The van der Waals surface area contributed by atoms with Gasteiger partial charge in [-0.15, -0.1) is 5.11 Å². The maximum atomic E-state index is 10.7. The Hall–Kier alpha value is -1.23. The Morgan fingerprint density at radius 3 is 2.92 bits per heavy atom. The standard InChI is InChI=1S/C8H13N3O2/c1-3-4-11(2)7-5-6(12)8(13)10-9-7/h5,7,12H,3-4H2,1-2H3. The molecule has 0 radical (unpaired) electrons. The van der Waals surface area contributed by atoms with Gasteiger partial charge in [0.2, 0.25) is 0 Å². The topological polar surface area (TPSA) is 65.3 Å². The summed E-state index contributed by atoms with van der Waals surface area (Å²) in [6.45, 7) is 2.90. The van der Waals surface area contributed by atoms with E-state index >= 15 is 0 Å². The number of aliphatic hydroxyl groups is 1. The molecule has 0 saturated heterocycles. The maximum Gasteiger partial charge on any atom is 0.329 e. The van der Waals surface area contributed by atoms with Crippen molar-refractivity contribution >= 4 is 5.91 Å². The smallest absolute Gasteiger partial charge is 0.329 e. The minimum atomic E-state index is -0.666. The molecule has 0 aromatic rings. The van der Waals surface area contributed by atoms with E-state index in [4.69, 9.17) is 5.11 Å². The molecular formula is C8H13N3O2. The van der Waals surface area contributed by atoms with Gasteiger partial charge in [0, 0.05) is 6.08 Å². The summed E-state index contributed by atoms with van der Waals surface area (Å²) in [7, 11) is 1.87. The van der Waals surface area contributed by atoms with Crippen LogP contribution in [0.3, 0.4) is 0 Å². The summed E-state index contributed by atoms with van der Waals surface area (Å²) in [6, 6.07) is 0. The molecule has 1 heterocycles. The molecule has 5 nitrogen and oxygen atoms in total. The van der Waals surface area contributed by atoms with Crippen LogP contribution < -0.4 is 0 Å². The highest BCUT2D eigenvalue weighted by Crippen LogP contribution is 2.11. The van der Waals surface area contributed by atoms with Crippen LogP contribution in [0.25, 0.3) is 0 Å². The van der Waals surface area contributed by atoms with Crippen molar-refractivity contribution in [2.75, 3.05) is 13.6 Å². The van der Waals surface area contributed by atoms with Gasteiger partial charge in [0.25, 0.3) is 0 Å². The Bertz CT molecular complexity index is 260. The summed E-state index contributed by atoms with van der Waals surface area (Å²) >= 11 is 0. The third kappa shape index (κ3) is 2.35. The predicted molar refractivity (Wildman–Crippen MR) is 47.3 cm³/mol. The molecule has 72 valence electrons. The van der Waals surface area contributed by atoms with Crippen LogP contribution in [0.5, 0.6) is 0 Å². The van der Waals surface area contributed by atoms with Gasteiger partial charge in [0.1, 0.15) is 6.17 Å². The molecule has 1 rings (SSSR count). The Morgan fingerprint density at radius 2 is 2.38 bits per heavy atom. The number of azo groups is 1. The van der Waals surface area contributed by atoms with E-state index in [0.717, 1.165) is 13.0 Å². The summed E-state index contributed by atoms with van der Waals surface area (Å²) in [5.41, 5.74) is 0. The number of rotatable bonds is 3. The molecule has 1 amide bonds. The van der Waals surface area contributed by atoms with Crippen LogP contribution in [-0.2, 0) is 4.79 Å². The van der Waals surface area contributed by atoms with Crippen molar-refractivity contribution in [2.45, 2.75) is 19.5 Å². The van der Waals surface area contributed by atoms with Gasteiger partial charge in [0.15, 0.2) is 5.76 Å². The summed E-state index contributed by atoms with van der Waals surface area (Å²) in [5, 5.41) is 16.2. The van der Waals surface area contributed by atoms with Gasteiger partial charge in [-0.05, 0) is 20.0 Å². The van der Waals surface area contributed by atoms with Crippen molar-refractivity contribution in [3.63, 3.8) is 0 Å². The average molecular weight is 183 g/mol. The normalized spacial score (nSPS) is 22.2. The van der Waals surface area contributed by atoms with Crippen LogP contribution >= 0.6 is 0 Å². The molecule has 0 fully saturated rings. The molecule has 1 atom stereocenters. The van der Waals surface area contributed by atoms with Gasteiger partial charge in [-0.3, -0.25) is 9.69 Å². The zero-order valence-corrected chi connectivity index (χ0v) is 7.77. The van der Waals surface area contributed by atoms with E-state index in [-0.39, 0.29) is 11.9 Å². The second-order valence-corrected chi connectivity index (χ2v) is 2.97. The van der Waals surface area contributed by atoms with Gasteiger partial charge in [0.05, 0.1) is 0 Å². The number of aliphatic hydroxyl groups excluding tert-OH is 1. The van der Waals surface area contributed by atoms with Gasteiger partial charge in [-0.1, -0.05) is 6.92 Å². The number of carbonyl (C=O) groups is 1.